The fraction of sp³-hybridized carbons (Fsp3) is 0.590. The third-order valence-electron chi connectivity index (χ3n) is 11.7. The van der Waals surface area contributed by atoms with E-state index in [2.05, 4.69) is 42.2 Å². The van der Waals surface area contributed by atoms with Crippen LogP contribution in [0.15, 0.2) is 23.2 Å². The van der Waals surface area contributed by atoms with Crippen LogP contribution in [0, 0.1) is 11.8 Å². The number of nitrogens with two attached hydrogens (primary N) is 1. The smallest absolute Gasteiger partial charge is 0.248 e. The van der Waals surface area contributed by atoms with Crippen molar-refractivity contribution in [3.05, 3.63) is 23.8 Å². The number of carbonyl (C=O) groups is 8. The van der Waals surface area contributed by atoms with Crippen LogP contribution in [0.5, 0.6) is 5.75 Å². The van der Waals surface area contributed by atoms with Gasteiger partial charge in [-0.2, -0.15) is 0 Å². The standard InChI is InChI=1S/C39H56N10O14S/c1-4-16(2)31-36(60)42-11-29(55)43-25-15-64(63)38-21(20-6-5-18(51)7-22(20)46-38)9-23(33(57)41-12-30(56)47-31)44-37(61)32(17(3)27(53)14-50)48-35(59)26-8-19(52)13-49(26)39(62)24(10-28(40)54)45-34(25)58/h5-7,16-17,19,23-27,31-32,35,46,48,50-53,59H,4,8-15H2,1-3H3,(H2,40,54)(H,41,57)(H,42,60)(H,43,55)(H,44,61)(H,45,58)(H,47,56)/t16-,17-,19+,23-,24-,25-,26?,27?,31?,32?,35?,64?/m0/s1. The number of nitrogens with one attached hydrogen (secondary N) is 8. The Kier molecular flexibility index (Phi) is 16.5. The molecule has 352 valence electrons. The Morgan fingerprint density at radius 3 is 2.25 bits per heavy atom. The molecule has 25 heteroatoms. The predicted octanol–water partition coefficient (Wildman–Crippen LogP) is -6.13. The van der Waals surface area contributed by atoms with Gasteiger partial charge in [-0.25, -0.2) is 0 Å². The summed E-state index contributed by atoms with van der Waals surface area (Å²) in [6.07, 6.45) is -6.06. The van der Waals surface area contributed by atoms with Crippen LogP contribution in [0.1, 0.15) is 45.6 Å². The van der Waals surface area contributed by atoms with Crippen molar-refractivity contribution in [1.82, 2.24) is 47.1 Å². The summed E-state index contributed by atoms with van der Waals surface area (Å²) in [5, 5.41) is 70.9. The van der Waals surface area contributed by atoms with Gasteiger partial charge in [-0.3, -0.25) is 43.7 Å². The zero-order valence-electron chi connectivity index (χ0n) is 35.3. The van der Waals surface area contributed by atoms with Crippen LogP contribution in [0.4, 0.5) is 0 Å². The van der Waals surface area contributed by atoms with Gasteiger partial charge in [0.1, 0.15) is 35.9 Å². The second-order valence-electron chi connectivity index (χ2n) is 16.3. The monoisotopic (exact) mass is 920 g/mol. The van der Waals surface area contributed by atoms with Gasteiger partial charge in [0.25, 0.3) is 0 Å². The summed E-state index contributed by atoms with van der Waals surface area (Å²) in [5.41, 5.74) is 5.77. The number of benzene rings is 1. The molecule has 64 heavy (non-hydrogen) atoms. The number of rotatable bonds is 7. The summed E-state index contributed by atoms with van der Waals surface area (Å²) in [7, 11) is 0. The molecule has 4 heterocycles. The van der Waals surface area contributed by atoms with E-state index in [1.165, 1.54) is 25.1 Å². The maximum absolute atomic E-state index is 14.6. The van der Waals surface area contributed by atoms with Gasteiger partial charge in [-0.1, -0.05) is 27.2 Å². The summed E-state index contributed by atoms with van der Waals surface area (Å²) in [4.78, 5) is 114. The van der Waals surface area contributed by atoms with Gasteiger partial charge in [0.2, 0.25) is 52.3 Å². The van der Waals surface area contributed by atoms with Gasteiger partial charge in [-0.05, 0) is 24.5 Å². The average Bonchev–Trinajstić information content (AvgIpc) is 3.82. The minimum Gasteiger partial charge on any atom is -0.610 e. The summed E-state index contributed by atoms with van der Waals surface area (Å²) in [6, 6.07) is -5.57. The number of primary amides is 1. The van der Waals surface area contributed by atoms with Gasteiger partial charge in [-0.15, -0.1) is 0 Å². The minimum atomic E-state index is -2.37. The highest BCUT2D eigenvalue weighted by Gasteiger charge is 2.45. The van der Waals surface area contributed by atoms with Crippen molar-refractivity contribution >= 4 is 69.3 Å². The quantitative estimate of drug-likeness (QED) is 0.115. The number of aliphatic hydroxyl groups excluding tert-OH is 4. The van der Waals surface area contributed by atoms with Gasteiger partial charge >= 0.3 is 0 Å². The molecule has 0 saturated carbocycles. The minimum absolute atomic E-state index is 0.0976. The lowest BCUT2D eigenvalue weighted by atomic mass is 9.93. The zero-order valence-corrected chi connectivity index (χ0v) is 36.1. The normalized spacial score (nSPS) is 29.8. The molecule has 1 saturated heterocycles. The molecule has 2 bridgehead atoms. The Labute approximate surface area is 369 Å². The van der Waals surface area contributed by atoms with E-state index in [4.69, 9.17) is 5.73 Å². The molecule has 1 fully saturated rings. The molecular weight excluding hydrogens is 865 g/mol. The number of H-pyrrole nitrogens is 1. The molecule has 0 aliphatic carbocycles. The zero-order chi connectivity index (χ0) is 47.2. The number of phenolic OH excluding ortho intramolecular Hbond substituents is 1. The highest BCUT2D eigenvalue weighted by Crippen LogP contribution is 2.31. The van der Waals surface area contributed by atoms with Crippen molar-refractivity contribution in [2.75, 3.05) is 32.0 Å². The number of amides is 8. The van der Waals surface area contributed by atoms with E-state index in [0.717, 1.165) is 4.90 Å². The van der Waals surface area contributed by atoms with E-state index in [-0.39, 0.29) is 33.7 Å². The lowest BCUT2D eigenvalue weighted by molar-refractivity contribution is -0.142. The van der Waals surface area contributed by atoms with Crippen LogP contribution in [0.25, 0.3) is 10.9 Å². The van der Waals surface area contributed by atoms with E-state index in [9.17, 15) is 68.4 Å². The van der Waals surface area contributed by atoms with Crippen molar-refractivity contribution in [2.24, 2.45) is 17.6 Å². The number of nitrogens with zero attached hydrogens (tertiary/aromatic N) is 1. The molecule has 15 N–H and O–H groups in total. The van der Waals surface area contributed by atoms with Crippen molar-refractivity contribution in [1.29, 1.82) is 0 Å². The molecule has 2 aromatic rings. The SMILES string of the molecule is CC[C@H](C)C1NC(=O)CNC(=O)[C@@H]2Cc3c([nH]c4cc(O)ccc34)[S+]([O-])C[C@H](NC(=O)CNC1=O)C(=O)N[C@@H](CC(N)=O)C(=O)N1C[C@H](O)CC1C(O)NC([C@@H](C)C(O)CO)C(=O)N2. The number of aromatic nitrogens is 1. The number of aromatic hydroxyl groups is 1. The van der Waals surface area contributed by atoms with Crippen molar-refractivity contribution < 1.29 is 68.4 Å². The van der Waals surface area contributed by atoms with Crippen molar-refractivity contribution in [3.8, 4) is 5.75 Å². The Morgan fingerprint density at radius 2 is 1.59 bits per heavy atom. The molecule has 24 nitrogen and oxygen atoms in total. The Balaban J connectivity index is 1.73. The molecule has 3 aliphatic rings. The first-order valence-corrected chi connectivity index (χ1v) is 22.0. The van der Waals surface area contributed by atoms with Crippen LogP contribution in [0.2, 0.25) is 0 Å². The molecule has 6 unspecified atom stereocenters. The maximum Gasteiger partial charge on any atom is 0.248 e. The second kappa shape index (κ2) is 21.4. The van der Waals surface area contributed by atoms with Gasteiger partial charge < -0.3 is 77.6 Å². The van der Waals surface area contributed by atoms with Gasteiger partial charge in [0, 0.05) is 47.1 Å². The number of fused-ring (bicyclic) bond motifs is 5. The lowest BCUT2D eigenvalue weighted by Gasteiger charge is -2.36. The number of aromatic amines is 1. The van der Waals surface area contributed by atoms with Crippen molar-refractivity contribution in [3.63, 3.8) is 0 Å². The fourth-order valence-corrected chi connectivity index (χ4v) is 9.26. The van der Waals surface area contributed by atoms with E-state index >= 15 is 0 Å². The third kappa shape index (κ3) is 11.8. The molecule has 0 spiro atoms. The number of phenols is 1. The first-order valence-electron chi connectivity index (χ1n) is 20.7. The Bertz CT molecular complexity index is 2110. The molecule has 0 radical (unpaired) electrons. The average molecular weight is 921 g/mol. The molecule has 3 aliphatic heterocycles. The number of aliphatic hydroxyl groups is 4. The number of hydrogen-bond acceptors (Lipinski definition) is 15. The molecule has 8 amide bonds. The largest absolute Gasteiger partial charge is 0.610 e. The van der Waals surface area contributed by atoms with E-state index < -0.39 is 170 Å². The first kappa shape index (κ1) is 49.4. The van der Waals surface area contributed by atoms with Crippen LogP contribution in [0.3, 0.4) is 0 Å². The number of hydrogen-bond donors (Lipinski definition) is 14. The highest BCUT2D eigenvalue weighted by atomic mass is 32.2. The van der Waals surface area contributed by atoms with Crippen LogP contribution < -0.4 is 43.0 Å². The van der Waals surface area contributed by atoms with Crippen LogP contribution in [-0.4, -0.2) is 174 Å². The second-order valence-corrected chi connectivity index (χ2v) is 17.7. The van der Waals surface area contributed by atoms with Crippen LogP contribution >= 0.6 is 0 Å². The summed E-state index contributed by atoms with van der Waals surface area (Å²) >= 11 is -2.37. The van der Waals surface area contributed by atoms with Crippen LogP contribution in [-0.2, 0) is 56.0 Å². The Morgan fingerprint density at radius 1 is 0.922 bits per heavy atom. The topological polar surface area (TPSA) is 390 Å². The molecular formula is C39H56N10O14S. The van der Waals surface area contributed by atoms with Crippen molar-refractivity contribution in [2.45, 2.75) is 106 Å². The third-order valence-corrected chi connectivity index (χ3v) is 13.1. The lowest BCUT2D eigenvalue weighted by Crippen LogP contribution is -2.63. The number of carbonyl (C=O) groups excluding carboxylic acids is 8. The molecule has 12 atom stereocenters. The predicted molar refractivity (Wildman–Crippen MR) is 223 cm³/mol. The Hall–Kier alpha value is -5.57. The molecule has 5 rings (SSSR count). The molecule has 1 aromatic carbocycles. The first-order chi connectivity index (χ1) is 30.2. The van der Waals surface area contributed by atoms with Gasteiger partial charge in [0.15, 0.2) is 6.04 Å². The maximum atomic E-state index is 14.6. The molecule has 1 aromatic heterocycles. The summed E-state index contributed by atoms with van der Waals surface area (Å²) < 4.78 is 14.6. The highest BCUT2D eigenvalue weighted by molar-refractivity contribution is 7.91. The van der Waals surface area contributed by atoms with E-state index in [0.29, 0.717) is 6.42 Å². The fourth-order valence-electron chi connectivity index (χ4n) is 7.87. The van der Waals surface area contributed by atoms with Gasteiger partial charge in [0.05, 0.1) is 55.9 Å². The summed E-state index contributed by atoms with van der Waals surface area (Å²) in [6.45, 7) is 1.92. The summed E-state index contributed by atoms with van der Waals surface area (Å²) in [5.74, 6) is -10.7. The van der Waals surface area contributed by atoms with E-state index in [1.807, 2.05) is 0 Å². The van der Waals surface area contributed by atoms with E-state index in [1.54, 1.807) is 13.8 Å².